The largest absolute Gasteiger partial charge is 0.480 e. The van der Waals surface area contributed by atoms with Crippen molar-refractivity contribution in [2.75, 3.05) is 0 Å². The third-order valence-corrected chi connectivity index (χ3v) is 2.83. The fourth-order valence-electron chi connectivity index (χ4n) is 1.63. The Morgan fingerprint density at radius 3 is 2.19 bits per heavy atom. The van der Waals surface area contributed by atoms with Gasteiger partial charge in [0.05, 0.1) is 18.8 Å². The van der Waals surface area contributed by atoms with Crippen LogP contribution in [0.3, 0.4) is 0 Å². The molecule has 0 saturated heterocycles. The number of carboxylic acid groups (broad SMARTS) is 1. The number of carbonyl (C=O) groups is 2. The number of amides is 1. The Kier molecular flexibility index (Phi) is 6.33. The molecule has 0 radical (unpaired) electrons. The van der Waals surface area contributed by atoms with Crippen molar-refractivity contribution < 1.29 is 24.5 Å². The monoisotopic (exact) mass is 295 g/mol. The van der Waals surface area contributed by atoms with Crippen LogP contribution in [0, 0.1) is 0 Å². The first kappa shape index (κ1) is 17.1. The van der Waals surface area contributed by atoms with E-state index in [2.05, 4.69) is 5.32 Å². The Balaban J connectivity index is 2.68. The van der Waals surface area contributed by atoms with Gasteiger partial charge in [-0.2, -0.15) is 0 Å². The Morgan fingerprint density at radius 2 is 1.76 bits per heavy atom. The van der Waals surface area contributed by atoms with Crippen molar-refractivity contribution in [3.05, 3.63) is 35.4 Å². The average molecular weight is 295 g/mol. The zero-order valence-electron chi connectivity index (χ0n) is 12.4. The van der Waals surface area contributed by atoms with Gasteiger partial charge in [-0.05, 0) is 38.5 Å². The van der Waals surface area contributed by atoms with Gasteiger partial charge in [-0.15, -0.1) is 0 Å². The lowest BCUT2D eigenvalue weighted by molar-refractivity contribution is -0.141. The molecule has 0 bridgehead atoms. The molecule has 1 amide bonds. The number of carbonyl (C=O) groups excluding carboxylic acids is 1. The number of aliphatic hydroxyl groups excluding tert-OH is 1. The van der Waals surface area contributed by atoms with E-state index < -0.39 is 24.0 Å². The summed E-state index contributed by atoms with van der Waals surface area (Å²) < 4.78 is 5.44. The molecule has 2 atom stereocenters. The summed E-state index contributed by atoms with van der Waals surface area (Å²) in [6, 6.07) is 5.34. The quantitative estimate of drug-likeness (QED) is 0.702. The molecular formula is C15H21NO5. The van der Waals surface area contributed by atoms with Crippen LogP contribution in [0.5, 0.6) is 0 Å². The molecule has 1 rings (SSSR count). The molecule has 0 saturated carbocycles. The van der Waals surface area contributed by atoms with E-state index in [1.54, 1.807) is 24.3 Å². The molecule has 1 aromatic carbocycles. The minimum Gasteiger partial charge on any atom is -0.480 e. The molecule has 0 aliphatic heterocycles. The molecule has 2 unspecified atom stereocenters. The first-order valence-electron chi connectivity index (χ1n) is 6.73. The molecular weight excluding hydrogens is 274 g/mol. The van der Waals surface area contributed by atoms with Crippen molar-refractivity contribution in [1.82, 2.24) is 5.32 Å². The molecule has 1 aromatic rings. The number of hydrogen-bond donors (Lipinski definition) is 3. The van der Waals surface area contributed by atoms with E-state index in [0.717, 1.165) is 5.56 Å². The topological polar surface area (TPSA) is 95.9 Å². The number of nitrogens with one attached hydrogen (secondary N) is 1. The molecule has 0 spiro atoms. The summed E-state index contributed by atoms with van der Waals surface area (Å²) in [5, 5.41) is 20.5. The highest BCUT2D eigenvalue weighted by molar-refractivity contribution is 5.96. The summed E-state index contributed by atoms with van der Waals surface area (Å²) >= 11 is 0. The van der Waals surface area contributed by atoms with Crippen LogP contribution in [-0.2, 0) is 16.1 Å². The Morgan fingerprint density at radius 1 is 1.19 bits per heavy atom. The predicted molar refractivity (Wildman–Crippen MR) is 76.9 cm³/mol. The fraction of sp³-hybridized carbons (Fsp3) is 0.467. The maximum absolute atomic E-state index is 11.9. The highest BCUT2D eigenvalue weighted by Crippen LogP contribution is 2.08. The van der Waals surface area contributed by atoms with Gasteiger partial charge in [-0.3, -0.25) is 4.79 Å². The van der Waals surface area contributed by atoms with E-state index in [0.29, 0.717) is 12.2 Å². The maximum Gasteiger partial charge on any atom is 0.328 e. The Hall–Kier alpha value is -1.92. The van der Waals surface area contributed by atoms with Crippen molar-refractivity contribution in [1.29, 1.82) is 0 Å². The zero-order chi connectivity index (χ0) is 16.0. The molecule has 116 valence electrons. The molecule has 0 aliphatic rings. The van der Waals surface area contributed by atoms with Crippen molar-refractivity contribution in [2.45, 2.75) is 45.6 Å². The molecule has 21 heavy (non-hydrogen) atoms. The highest BCUT2D eigenvalue weighted by Gasteiger charge is 2.25. The number of carboxylic acids is 1. The van der Waals surface area contributed by atoms with Crippen LogP contribution >= 0.6 is 0 Å². The molecule has 0 fully saturated rings. The van der Waals surface area contributed by atoms with Gasteiger partial charge in [0.1, 0.15) is 0 Å². The summed E-state index contributed by atoms with van der Waals surface area (Å²) in [6.07, 6.45) is -1.06. The number of hydrogen-bond acceptors (Lipinski definition) is 4. The minimum absolute atomic E-state index is 0.121. The van der Waals surface area contributed by atoms with E-state index >= 15 is 0 Å². The average Bonchev–Trinajstić information content (AvgIpc) is 2.42. The van der Waals surface area contributed by atoms with Crippen LogP contribution in [-0.4, -0.2) is 40.3 Å². The van der Waals surface area contributed by atoms with Gasteiger partial charge in [0.2, 0.25) is 0 Å². The number of aliphatic hydroxyl groups is 1. The van der Waals surface area contributed by atoms with Gasteiger partial charge in [0.15, 0.2) is 6.04 Å². The minimum atomic E-state index is -1.33. The molecule has 6 nitrogen and oxygen atoms in total. The summed E-state index contributed by atoms with van der Waals surface area (Å²) in [4.78, 5) is 22.8. The van der Waals surface area contributed by atoms with Crippen molar-refractivity contribution in [3.63, 3.8) is 0 Å². The van der Waals surface area contributed by atoms with Crippen LogP contribution in [0.4, 0.5) is 0 Å². The van der Waals surface area contributed by atoms with Gasteiger partial charge in [0.25, 0.3) is 5.91 Å². The van der Waals surface area contributed by atoms with Gasteiger partial charge in [0, 0.05) is 5.56 Å². The van der Waals surface area contributed by atoms with Crippen molar-refractivity contribution in [3.8, 4) is 0 Å². The summed E-state index contributed by atoms with van der Waals surface area (Å²) in [5.74, 6) is -1.82. The van der Waals surface area contributed by atoms with Gasteiger partial charge in [-0.1, -0.05) is 12.1 Å². The van der Waals surface area contributed by atoms with E-state index in [1.807, 2.05) is 13.8 Å². The standard InChI is InChI=1S/C15H21NO5/c1-9(2)21-8-11-4-6-12(7-5-11)14(18)16-13(10(3)17)15(19)20/h4-7,9-10,13,17H,8H2,1-3H3,(H,16,18)(H,19,20). The molecule has 6 heteroatoms. The van der Waals surface area contributed by atoms with E-state index in [-0.39, 0.29) is 6.10 Å². The lowest BCUT2D eigenvalue weighted by Crippen LogP contribution is -2.47. The smallest absolute Gasteiger partial charge is 0.328 e. The molecule has 0 aromatic heterocycles. The van der Waals surface area contributed by atoms with Crippen molar-refractivity contribution >= 4 is 11.9 Å². The first-order valence-corrected chi connectivity index (χ1v) is 6.73. The third kappa shape index (κ3) is 5.53. The third-order valence-electron chi connectivity index (χ3n) is 2.83. The summed E-state index contributed by atoms with van der Waals surface area (Å²) in [7, 11) is 0. The predicted octanol–water partition coefficient (Wildman–Crippen LogP) is 1.18. The summed E-state index contributed by atoms with van der Waals surface area (Å²) in [5.41, 5.74) is 1.25. The fourth-order valence-corrected chi connectivity index (χ4v) is 1.63. The van der Waals surface area contributed by atoms with Gasteiger partial charge < -0.3 is 20.3 Å². The van der Waals surface area contributed by atoms with Crippen LogP contribution in [0.1, 0.15) is 36.7 Å². The van der Waals surface area contributed by atoms with Crippen LogP contribution in [0.2, 0.25) is 0 Å². The Labute approximate surface area is 123 Å². The van der Waals surface area contributed by atoms with E-state index in [4.69, 9.17) is 9.84 Å². The highest BCUT2D eigenvalue weighted by atomic mass is 16.5. The second-order valence-electron chi connectivity index (χ2n) is 5.09. The number of aliphatic carboxylic acids is 1. The SMILES string of the molecule is CC(C)OCc1ccc(C(=O)NC(C(=O)O)C(C)O)cc1. The van der Waals surface area contributed by atoms with Crippen LogP contribution in [0.25, 0.3) is 0 Å². The van der Waals surface area contributed by atoms with Crippen molar-refractivity contribution in [2.24, 2.45) is 0 Å². The van der Waals surface area contributed by atoms with E-state index in [1.165, 1.54) is 6.92 Å². The number of benzene rings is 1. The van der Waals surface area contributed by atoms with Crippen LogP contribution < -0.4 is 5.32 Å². The zero-order valence-corrected chi connectivity index (χ0v) is 12.4. The molecule has 0 heterocycles. The Bertz CT molecular complexity index is 481. The van der Waals surface area contributed by atoms with Gasteiger partial charge >= 0.3 is 5.97 Å². The lowest BCUT2D eigenvalue weighted by atomic mass is 10.1. The first-order chi connectivity index (χ1) is 9.81. The van der Waals surface area contributed by atoms with Gasteiger partial charge in [-0.25, -0.2) is 4.79 Å². The second kappa shape index (κ2) is 7.75. The summed E-state index contributed by atoms with van der Waals surface area (Å²) in [6.45, 7) is 5.63. The molecule has 0 aliphatic carbocycles. The lowest BCUT2D eigenvalue weighted by Gasteiger charge is -2.17. The maximum atomic E-state index is 11.9. The molecule has 3 N–H and O–H groups in total. The normalized spacial score (nSPS) is 13.8. The number of rotatable bonds is 7. The van der Waals surface area contributed by atoms with E-state index in [9.17, 15) is 14.7 Å². The number of ether oxygens (including phenoxy) is 1. The second-order valence-corrected chi connectivity index (χ2v) is 5.09. The van der Waals surface area contributed by atoms with Crippen LogP contribution in [0.15, 0.2) is 24.3 Å².